The maximum atomic E-state index is 11.8. The van der Waals surface area contributed by atoms with Crippen molar-refractivity contribution in [3.63, 3.8) is 0 Å². The van der Waals surface area contributed by atoms with Gasteiger partial charge in [0, 0.05) is 43.5 Å². The molecule has 1 aromatic heterocycles. The van der Waals surface area contributed by atoms with Gasteiger partial charge in [-0.2, -0.15) is 0 Å². The van der Waals surface area contributed by atoms with Crippen LogP contribution in [0.1, 0.15) is 44.0 Å². The first kappa shape index (κ1) is 18.5. The first-order valence-electron chi connectivity index (χ1n) is 8.32. The molecule has 25 heavy (non-hydrogen) atoms. The van der Waals surface area contributed by atoms with E-state index in [1.807, 2.05) is 30.5 Å². The quantitative estimate of drug-likeness (QED) is 0.641. The number of hydrogen-bond acceptors (Lipinski definition) is 3. The monoisotopic (exact) mass is 344 g/mol. The molecule has 7 nitrogen and oxygen atoms in total. The third-order valence-corrected chi connectivity index (χ3v) is 3.65. The smallest absolute Gasteiger partial charge is 0.319 e. The predicted molar refractivity (Wildman–Crippen MR) is 95.8 cm³/mol. The van der Waals surface area contributed by atoms with Gasteiger partial charge in [0.1, 0.15) is 5.82 Å². The Labute approximate surface area is 147 Å². The molecule has 0 aliphatic rings. The number of hydrogen-bond donors (Lipinski definition) is 3. The molecule has 0 atom stereocenters. The lowest BCUT2D eigenvalue weighted by Gasteiger charge is -2.12. The maximum Gasteiger partial charge on any atom is 0.319 e. The number of aliphatic carboxylic acids is 1. The molecule has 1 aromatic carbocycles. The van der Waals surface area contributed by atoms with Crippen molar-refractivity contribution in [3.05, 3.63) is 48.0 Å². The second-order valence-electron chi connectivity index (χ2n) is 6.15. The zero-order valence-electron chi connectivity index (χ0n) is 14.5. The number of anilines is 1. The van der Waals surface area contributed by atoms with E-state index in [2.05, 4.69) is 34.0 Å². The van der Waals surface area contributed by atoms with Crippen molar-refractivity contribution in [2.45, 2.75) is 39.2 Å². The van der Waals surface area contributed by atoms with Crippen molar-refractivity contribution in [2.75, 3.05) is 11.9 Å². The van der Waals surface area contributed by atoms with Crippen LogP contribution in [-0.4, -0.2) is 33.2 Å². The highest BCUT2D eigenvalue weighted by molar-refractivity contribution is 5.89. The lowest BCUT2D eigenvalue weighted by atomic mass is 10.1. The Balaban J connectivity index is 1.91. The number of aromatic nitrogens is 2. The van der Waals surface area contributed by atoms with Crippen molar-refractivity contribution in [1.82, 2.24) is 14.9 Å². The Hall–Kier alpha value is -2.83. The molecule has 0 fully saturated rings. The van der Waals surface area contributed by atoms with Crippen molar-refractivity contribution < 1.29 is 14.7 Å². The van der Waals surface area contributed by atoms with Crippen LogP contribution in [0.15, 0.2) is 36.7 Å². The van der Waals surface area contributed by atoms with Crippen LogP contribution in [0.3, 0.4) is 0 Å². The van der Waals surface area contributed by atoms with Gasteiger partial charge in [-0.3, -0.25) is 4.79 Å². The number of amides is 2. The van der Waals surface area contributed by atoms with E-state index in [1.54, 1.807) is 6.20 Å². The minimum atomic E-state index is -0.866. The fraction of sp³-hybridized carbons (Fsp3) is 0.389. The van der Waals surface area contributed by atoms with Crippen molar-refractivity contribution in [2.24, 2.45) is 0 Å². The molecule has 2 rings (SSSR count). The number of benzene rings is 1. The van der Waals surface area contributed by atoms with Crippen LogP contribution in [0.5, 0.6) is 0 Å². The van der Waals surface area contributed by atoms with E-state index in [-0.39, 0.29) is 12.5 Å². The summed E-state index contributed by atoms with van der Waals surface area (Å²) < 4.78 is 2.09. The number of nitrogens with one attached hydrogen (secondary N) is 2. The molecule has 0 aliphatic carbocycles. The molecule has 0 unspecified atom stereocenters. The van der Waals surface area contributed by atoms with Gasteiger partial charge in [-0.1, -0.05) is 26.0 Å². The fourth-order valence-corrected chi connectivity index (χ4v) is 2.52. The zero-order chi connectivity index (χ0) is 18.2. The Kier molecular flexibility index (Phi) is 6.56. The van der Waals surface area contributed by atoms with E-state index < -0.39 is 5.97 Å². The number of imidazole rings is 1. The first-order valence-corrected chi connectivity index (χ1v) is 8.32. The standard InChI is InChI=1S/C18H24N4O3/c1-13(2)17-19-9-10-22(17)12-14-5-3-6-15(11-14)21-18(25)20-8-4-7-16(23)24/h3,5-6,9-11,13H,4,7-8,12H2,1-2H3,(H,23,24)(H2,20,21,25). The van der Waals surface area contributed by atoms with Crippen molar-refractivity contribution >= 4 is 17.7 Å². The lowest BCUT2D eigenvalue weighted by Crippen LogP contribution is -2.29. The molecule has 0 bridgehead atoms. The average Bonchev–Trinajstić information content (AvgIpc) is 3.00. The summed E-state index contributed by atoms with van der Waals surface area (Å²) in [5.74, 6) is 0.498. The Bertz CT molecular complexity index is 725. The van der Waals surface area contributed by atoms with Gasteiger partial charge in [-0.15, -0.1) is 0 Å². The van der Waals surface area contributed by atoms with Crippen molar-refractivity contribution in [1.29, 1.82) is 0 Å². The Morgan fingerprint density at radius 3 is 2.84 bits per heavy atom. The van der Waals surface area contributed by atoms with Gasteiger partial charge in [0.25, 0.3) is 0 Å². The van der Waals surface area contributed by atoms with Gasteiger partial charge < -0.3 is 20.3 Å². The largest absolute Gasteiger partial charge is 0.481 e. The molecule has 0 aliphatic heterocycles. The normalized spacial score (nSPS) is 10.7. The molecular weight excluding hydrogens is 320 g/mol. The molecule has 134 valence electrons. The number of rotatable bonds is 8. The molecule has 2 amide bonds. The molecule has 0 spiro atoms. The van der Waals surface area contributed by atoms with Gasteiger partial charge >= 0.3 is 12.0 Å². The third-order valence-electron chi connectivity index (χ3n) is 3.65. The zero-order valence-corrected chi connectivity index (χ0v) is 14.5. The van der Waals surface area contributed by atoms with E-state index in [0.717, 1.165) is 11.4 Å². The number of nitrogens with zero attached hydrogens (tertiary/aromatic N) is 2. The van der Waals surface area contributed by atoms with Gasteiger partial charge in [-0.05, 0) is 24.1 Å². The van der Waals surface area contributed by atoms with Gasteiger partial charge in [-0.25, -0.2) is 9.78 Å². The molecule has 2 aromatic rings. The van der Waals surface area contributed by atoms with Crippen LogP contribution in [0.4, 0.5) is 10.5 Å². The van der Waals surface area contributed by atoms with Crippen LogP contribution in [0, 0.1) is 0 Å². The molecule has 0 saturated carbocycles. The summed E-state index contributed by atoms with van der Waals surface area (Å²) in [6.07, 6.45) is 4.19. The maximum absolute atomic E-state index is 11.8. The predicted octanol–water partition coefficient (Wildman–Crippen LogP) is 3.04. The molecule has 7 heteroatoms. The van der Waals surface area contributed by atoms with E-state index >= 15 is 0 Å². The number of carboxylic acid groups (broad SMARTS) is 1. The van der Waals surface area contributed by atoms with E-state index in [9.17, 15) is 9.59 Å². The fourth-order valence-electron chi connectivity index (χ4n) is 2.52. The van der Waals surface area contributed by atoms with E-state index in [0.29, 0.717) is 31.1 Å². The third kappa shape index (κ3) is 5.95. The number of carboxylic acids is 1. The Morgan fingerprint density at radius 2 is 2.12 bits per heavy atom. The molecule has 3 N–H and O–H groups in total. The average molecular weight is 344 g/mol. The minimum Gasteiger partial charge on any atom is -0.481 e. The van der Waals surface area contributed by atoms with E-state index in [1.165, 1.54) is 0 Å². The number of urea groups is 1. The van der Waals surface area contributed by atoms with Crippen LogP contribution in [0.2, 0.25) is 0 Å². The van der Waals surface area contributed by atoms with E-state index in [4.69, 9.17) is 5.11 Å². The van der Waals surface area contributed by atoms with Gasteiger partial charge in [0.15, 0.2) is 0 Å². The highest BCUT2D eigenvalue weighted by Gasteiger charge is 2.08. The topological polar surface area (TPSA) is 96.3 Å². The first-order chi connectivity index (χ1) is 12.0. The van der Waals surface area contributed by atoms with Crippen molar-refractivity contribution in [3.8, 4) is 0 Å². The lowest BCUT2D eigenvalue weighted by molar-refractivity contribution is -0.137. The molecule has 0 saturated heterocycles. The summed E-state index contributed by atoms with van der Waals surface area (Å²) in [6, 6.07) is 7.29. The molecule has 1 heterocycles. The SMILES string of the molecule is CC(C)c1nccn1Cc1cccc(NC(=O)NCCCC(=O)O)c1. The Morgan fingerprint density at radius 1 is 1.32 bits per heavy atom. The molecular formula is C18H24N4O3. The van der Waals surface area contributed by atoms with Crippen LogP contribution < -0.4 is 10.6 Å². The number of carbonyl (C=O) groups is 2. The summed E-state index contributed by atoms with van der Waals surface area (Å²) in [6.45, 7) is 5.21. The second kappa shape index (κ2) is 8.86. The molecule has 0 radical (unpaired) electrons. The van der Waals surface area contributed by atoms with Crippen LogP contribution in [0.25, 0.3) is 0 Å². The van der Waals surface area contributed by atoms with Crippen LogP contribution >= 0.6 is 0 Å². The van der Waals surface area contributed by atoms with Gasteiger partial charge in [0.05, 0.1) is 0 Å². The van der Waals surface area contributed by atoms with Gasteiger partial charge in [0.2, 0.25) is 0 Å². The summed E-state index contributed by atoms with van der Waals surface area (Å²) in [7, 11) is 0. The minimum absolute atomic E-state index is 0.0405. The summed E-state index contributed by atoms with van der Waals surface area (Å²) in [5, 5.41) is 14.0. The highest BCUT2D eigenvalue weighted by Crippen LogP contribution is 2.16. The number of carbonyl (C=O) groups excluding carboxylic acids is 1. The second-order valence-corrected chi connectivity index (χ2v) is 6.15. The summed E-state index contributed by atoms with van der Waals surface area (Å²) in [5.41, 5.74) is 1.75. The summed E-state index contributed by atoms with van der Waals surface area (Å²) >= 11 is 0. The summed E-state index contributed by atoms with van der Waals surface area (Å²) in [4.78, 5) is 26.7. The highest BCUT2D eigenvalue weighted by atomic mass is 16.4. The van der Waals surface area contributed by atoms with Crippen LogP contribution in [-0.2, 0) is 11.3 Å².